The molecule has 23 heavy (non-hydrogen) atoms. The second-order valence-electron chi connectivity index (χ2n) is 5.87. The Morgan fingerprint density at radius 3 is 2.65 bits per heavy atom. The van der Waals surface area contributed by atoms with Crippen LogP contribution in [0.5, 0.6) is 0 Å². The molecule has 3 rings (SSSR count). The number of benzene rings is 1. The first-order valence-corrected chi connectivity index (χ1v) is 8.24. The van der Waals surface area contributed by atoms with Crippen molar-refractivity contribution in [2.45, 2.75) is 32.6 Å². The van der Waals surface area contributed by atoms with Crippen LogP contribution in [0.1, 0.15) is 47.3 Å². The van der Waals surface area contributed by atoms with Gasteiger partial charge in [-0.3, -0.25) is 9.48 Å². The van der Waals surface area contributed by atoms with Gasteiger partial charge in [0.05, 0.1) is 5.69 Å². The highest BCUT2D eigenvalue weighted by atomic mass is 35.5. The number of hydrogen-bond donors (Lipinski definition) is 1. The van der Waals surface area contributed by atoms with Gasteiger partial charge in [0.25, 0.3) is 5.91 Å². The zero-order valence-corrected chi connectivity index (χ0v) is 14.2. The van der Waals surface area contributed by atoms with Crippen LogP contribution in [0.15, 0.2) is 30.3 Å². The van der Waals surface area contributed by atoms with Gasteiger partial charge < -0.3 is 5.32 Å². The van der Waals surface area contributed by atoms with Crippen LogP contribution < -0.4 is 5.32 Å². The molecule has 1 amide bonds. The second-order valence-corrected chi connectivity index (χ2v) is 6.31. The lowest BCUT2D eigenvalue weighted by Gasteiger charge is -2.15. The predicted molar refractivity (Wildman–Crippen MR) is 93.8 cm³/mol. The van der Waals surface area contributed by atoms with E-state index in [-0.39, 0.29) is 5.91 Å². The molecule has 1 aromatic heterocycles. The lowest BCUT2D eigenvalue weighted by atomic mass is 9.93. The van der Waals surface area contributed by atoms with Crippen LogP contribution in [-0.4, -0.2) is 15.7 Å². The van der Waals surface area contributed by atoms with Gasteiger partial charge in [-0.15, -0.1) is 0 Å². The first kappa shape index (κ1) is 15.8. The number of carbonyl (C=O) groups is 1. The van der Waals surface area contributed by atoms with Crippen molar-refractivity contribution in [1.82, 2.24) is 9.78 Å². The van der Waals surface area contributed by atoms with E-state index in [1.807, 2.05) is 14.0 Å². The zero-order valence-electron chi connectivity index (χ0n) is 13.4. The number of nitrogens with zero attached hydrogens (tertiary/aromatic N) is 2. The van der Waals surface area contributed by atoms with Gasteiger partial charge in [0.1, 0.15) is 5.82 Å². The molecule has 120 valence electrons. The number of anilines is 1. The van der Waals surface area contributed by atoms with Crippen LogP contribution >= 0.6 is 11.6 Å². The summed E-state index contributed by atoms with van der Waals surface area (Å²) in [6.45, 7) is 1.99. The Labute approximate surface area is 141 Å². The molecule has 0 fully saturated rings. The molecule has 5 heteroatoms. The van der Waals surface area contributed by atoms with Crippen LogP contribution in [0.2, 0.25) is 5.02 Å². The van der Waals surface area contributed by atoms with Crippen molar-refractivity contribution in [3.05, 3.63) is 52.2 Å². The van der Waals surface area contributed by atoms with Gasteiger partial charge in [-0.05, 0) is 62.4 Å². The summed E-state index contributed by atoms with van der Waals surface area (Å²) in [5.41, 5.74) is 3.88. The zero-order chi connectivity index (χ0) is 16.4. The quantitative estimate of drug-likeness (QED) is 0.895. The number of hydrogen-bond acceptors (Lipinski definition) is 2. The topological polar surface area (TPSA) is 46.9 Å². The van der Waals surface area contributed by atoms with Crippen molar-refractivity contribution in [3.8, 4) is 0 Å². The molecule has 1 heterocycles. The summed E-state index contributed by atoms with van der Waals surface area (Å²) in [5.74, 6) is 0.609. The van der Waals surface area contributed by atoms with Crippen LogP contribution in [0.3, 0.4) is 0 Å². The lowest BCUT2D eigenvalue weighted by molar-refractivity contribution is 0.102. The molecule has 1 aliphatic rings. The smallest absolute Gasteiger partial charge is 0.256 e. The monoisotopic (exact) mass is 329 g/mol. The number of halogens is 1. The molecule has 1 aliphatic carbocycles. The van der Waals surface area contributed by atoms with Crippen molar-refractivity contribution in [2.24, 2.45) is 7.05 Å². The van der Waals surface area contributed by atoms with Crippen LogP contribution in [-0.2, 0) is 7.05 Å². The third kappa shape index (κ3) is 3.32. The summed E-state index contributed by atoms with van der Waals surface area (Å²) in [6, 6.07) is 6.88. The van der Waals surface area contributed by atoms with E-state index in [4.69, 9.17) is 11.6 Å². The van der Waals surface area contributed by atoms with E-state index in [1.54, 1.807) is 28.9 Å². The second kappa shape index (κ2) is 6.59. The van der Waals surface area contributed by atoms with Gasteiger partial charge >= 0.3 is 0 Å². The van der Waals surface area contributed by atoms with Crippen LogP contribution in [0.4, 0.5) is 5.82 Å². The van der Waals surface area contributed by atoms with Gasteiger partial charge in [0.2, 0.25) is 0 Å². The van der Waals surface area contributed by atoms with Crippen molar-refractivity contribution in [3.63, 3.8) is 0 Å². The standard InChI is InChI=1S/C18H20ClN3O/c1-12-16(13-6-4-3-5-7-13)17(22(2)21-12)20-18(23)14-8-10-15(19)11-9-14/h6,8-11H,3-5,7H2,1-2H3,(H,20,23). The third-order valence-corrected chi connectivity index (χ3v) is 4.42. The minimum absolute atomic E-state index is 0.151. The fourth-order valence-electron chi connectivity index (χ4n) is 3.03. The van der Waals surface area contributed by atoms with E-state index in [0.717, 1.165) is 29.9 Å². The van der Waals surface area contributed by atoms with Gasteiger partial charge in [-0.2, -0.15) is 5.10 Å². The fourth-order valence-corrected chi connectivity index (χ4v) is 3.16. The molecule has 0 saturated carbocycles. The summed E-state index contributed by atoms with van der Waals surface area (Å²) >= 11 is 5.88. The normalized spacial score (nSPS) is 14.5. The summed E-state index contributed by atoms with van der Waals surface area (Å²) in [6.07, 6.45) is 6.82. The molecule has 0 radical (unpaired) electrons. The van der Waals surface area contributed by atoms with Crippen molar-refractivity contribution >= 4 is 28.9 Å². The Morgan fingerprint density at radius 2 is 2.00 bits per heavy atom. The van der Waals surface area contributed by atoms with Crippen molar-refractivity contribution in [1.29, 1.82) is 0 Å². The SMILES string of the molecule is Cc1nn(C)c(NC(=O)c2ccc(Cl)cc2)c1C1=CCCCC1. The van der Waals surface area contributed by atoms with Crippen molar-refractivity contribution < 1.29 is 4.79 Å². The molecule has 4 nitrogen and oxygen atoms in total. The van der Waals surface area contributed by atoms with E-state index in [2.05, 4.69) is 16.5 Å². The maximum atomic E-state index is 12.5. The summed E-state index contributed by atoms with van der Waals surface area (Å²) in [4.78, 5) is 12.5. The Morgan fingerprint density at radius 1 is 1.26 bits per heavy atom. The minimum Gasteiger partial charge on any atom is -0.306 e. The van der Waals surface area contributed by atoms with E-state index in [1.165, 1.54) is 18.4 Å². The predicted octanol–water partition coefficient (Wildman–Crippen LogP) is 4.59. The van der Waals surface area contributed by atoms with Crippen molar-refractivity contribution in [2.75, 3.05) is 5.32 Å². The summed E-state index contributed by atoms with van der Waals surface area (Å²) < 4.78 is 1.74. The largest absolute Gasteiger partial charge is 0.306 e. The number of amides is 1. The first-order valence-electron chi connectivity index (χ1n) is 7.86. The van der Waals surface area contributed by atoms with E-state index < -0.39 is 0 Å². The molecular weight excluding hydrogens is 310 g/mol. The van der Waals surface area contributed by atoms with Crippen LogP contribution in [0, 0.1) is 6.92 Å². The summed E-state index contributed by atoms with van der Waals surface area (Å²) in [7, 11) is 1.86. The van der Waals surface area contributed by atoms with Gasteiger partial charge in [-0.1, -0.05) is 17.7 Å². The summed E-state index contributed by atoms with van der Waals surface area (Å²) in [5, 5.41) is 8.11. The van der Waals surface area contributed by atoms with E-state index in [9.17, 15) is 4.79 Å². The van der Waals surface area contributed by atoms with Gasteiger partial charge in [0, 0.05) is 23.2 Å². The number of allylic oxidation sites excluding steroid dienone is 2. The van der Waals surface area contributed by atoms with Gasteiger partial charge in [-0.25, -0.2) is 0 Å². The molecule has 0 unspecified atom stereocenters. The number of aryl methyl sites for hydroxylation is 2. The highest BCUT2D eigenvalue weighted by Gasteiger charge is 2.20. The number of carbonyl (C=O) groups excluding carboxylic acids is 1. The van der Waals surface area contributed by atoms with E-state index >= 15 is 0 Å². The number of rotatable bonds is 3. The molecule has 1 aromatic carbocycles. The highest BCUT2D eigenvalue weighted by molar-refractivity contribution is 6.30. The minimum atomic E-state index is -0.151. The van der Waals surface area contributed by atoms with Gasteiger partial charge in [0.15, 0.2) is 0 Å². The molecule has 0 atom stereocenters. The fraction of sp³-hybridized carbons (Fsp3) is 0.333. The third-order valence-electron chi connectivity index (χ3n) is 4.17. The number of aromatic nitrogens is 2. The number of nitrogens with one attached hydrogen (secondary N) is 1. The highest BCUT2D eigenvalue weighted by Crippen LogP contribution is 2.33. The maximum Gasteiger partial charge on any atom is 0.256 e. The molecule has 0 aliphatic heterocycles. The molecule has 0 spiro atoms. The molecular formula is C18H20ClN3O. The average molecular weight is 330 g/mol. The molecule has 1 N–H and O–H groups in total. The Hall–Kier alpha value is -2.07. The van der Waals surface area contributed by atoms with E-state index in [0.29, 0.717) is 10.6 Å². The first-order chi connectivity index (χ1) is 11.1. The Kier molecular flexibility index (Phi) is 4.53. The average Bonchev–Trinajstić information content (AvgIpc) is 2.82. The molecule has 0 bridgehead atoms. The van der Waals surface area contributed by atoms with Crippen LogP contribution in [0.25, 0.3) is 5.57 Å². The Balaban J connectivity index is 1.92. The lowest BCUT2D eigenvalue weighted by Crippen LogP contribution is -2.15. The Bertz CT molecular complexity index is 759. The molecule has 0 saturated heterocycles. The molecule has 2 aromatic rings. The maximum absolute atomic E-state index is 12.5.